The van der Waals surface area contributed by atoms with Crippen molar-refractivity contribution in [1.82, 2.24) is 0 Å². The van der Waals surface area contributed by atoms with Crippen LogP contribution in [0.5, 0.6) is 0 Å². The molecule has 2 rings (SSSR count). The summed E-state index contributed by atoms with van der Waals surface area (Å²) in [5.74, 6) is 0. The molecule has 6 heteroatoms. The molecule has 1 atom stereocenters. The van der Waals surface area contributed by atoms with Crippen LogP contribution in [0, 0.1) is 0 Å². The monoisotopic (exact) mass is 305 g/mol. The molecule has 112 valence electrons. The highest BCUT2D eigenvalue weighted by Crippen LogP contribution is 2.26. The third-order valence-electron chi connectivity index (χ3n) is 3.27. The van der Waals surface area contributed by atoms with E-state index in [0.29, 0.717) is 0 Å². The van der Waals surface area contributed by atoms with Gasteiger partial charge in [0, 0.05) is 5.69 Å². The molecule has 0 fully saturated rings. The van der Waals surface area contributed by atoms with Crippen LogP contribution in [0.2, 0.25) is 0 Å². The normalized spacial score (nSPS) is 12.9. The number of nitrogens with one attached hydrogen (secondary N) is 1. The lowest BCUT2D eigenvalue weighted by atomic mass is 10.0. The number of nitrogens with two attached hydrogens (primary N) is 2. The average molecular weight is 305 g/mol. The van der Waals surface area contributed by atoms with E-state index in [4.69, 9.17) is 10.9 Å². The number of sulfonamides is 1. The fourth-order valence-electron chi connectivity index (χ4n) is 2.20. The molecule has 0 spiro atoms. The first-order valence-corrected chi connectivity index (χ1v) is 8.20. The van der Waals surface area contributed by atoms with Crippen molar-refractivity contribution in [2.24, 2.45) is 5.14 Å². The molecule has 0 aliphatic heterocycles. The Morgan fingerprint density at radius 3 is 2.33 bits per heavy atom. The Kier molecular flexibility index (Phi) is 4.50. The minimum Gasteiger partial charge on any atom is -0.398 e. The Hall–Kier alpha value is -2.05. The predicted octanol–water partition coefficient (Wildman–Crippen LogP) is 2.48. The minimum absolute atomic E-state index is 0.0548. The van der Waals surface area contributed by atoms with Gasteiger partial charge in [-0.05, 0) is 30.2 Å². The van der Waals surface area contributed by atoms with Crippen molar-refractivity contribution in [1.29, 1.82) is 0 Å². The molecule has 0 bridgehead atoms. The van der Waals surface area contributed by atoms with Gasteiger partial charge in [0.2, 0.25) is 10.0 Å². The highest BCUT2D eigenvalue weighted by Gasteiger charge is 2.14. The fraction of sp³-hybridized carbons (Fsp3) is 0.200. The van der Waals surface area contributed by atoms with Gasteiger partial charge in [-0.2, -0.15) is 0 Å². The number of rotatable bonds is 5. The van der Waals surface area contributed by atoms with Crippen LogP contribution in [-0.2, 0) is 10.0 Å². The van der Waals surface area contributed by atoms with E-state index in [-0.39, 0.29) is 16.6 Å². The van der Waals surface area contributed by atoms with Gasteiger partial charge in [0.05, 0.1) is 11.7 Å². The van der Waals surface area contributed by atoms with Crippen LogP contribution < -0.4 is 16.2 Å². The van der Waals surface area contributed by atoms with Crippen LogP contribution >= 0.6 is 0 Å². The zero-order valence-electron chi connectivity index (χ0n) is 11.8. The van der Waals surface area contributed by atoms with Crippen LogP contribution in [0.3, 0.4) is 0 Å². The van der Waals surface area contributed by atoms with E-state index in [0.717, 1.165) is 17.7 Å². The maximum absolute atomic E-state index is 11.3. The number of hydrogen-bond acceptors (Lipinski definition) is 4. The van der Waals surface area contributed by atoms with Crippen LogP contribution in [0.4, 0.5) is 11.4 Å². The summed E-state index contributed by atoms with van der Waals surface area (Å²) < 4.78 is 22.7. The highest BCUT2D eigenvalue weighted by molar-refractivity contribution is 7.89. The summed E-state index contributed by atoms with van der Waals surface area (Å²) in [6.07, 6.45) is 0.890. The van der Waals surface area contributed by atoms with Crippen molar-refractivity contribution in [3.05, 3.63) is 54.1 Å². The Bertz CT molecular complexity index is 715. The largest absolute Gasteiger partial charge is 0.398 e. The lowest BCUT2D eigenvalue weighted by molar-refractivity contribution is 0.598. The Balaban J connectivity index is 2.25. The zero-order valence-corrected chi connectivity index (χ0v) is 12.6. The number of nitrogen functional groups attached to an aromatic ring is 1. The van der Waals surface area contributed by atoms with Crippen LogP contribution in [0.15, 0.2) is 53.4 Å². The molecule has 2 aromatic carbocycles. The molecule has 0 saturated carbocycles. The van der Waals surface area contributed by atoms with Crippen molar-refractivity contribution in [3.8, 4) is 0 Å². The second kappa shape index (κ2) is 6.15. The molecule has 0 radical (unpaired) electrons. The lowest BCUT2D eigenvalue weighted by Gasteiger charge is -2.19. The van der Waals surface area contributed by atoms with E-state index in [1.807, 2.05) is 30.3 Å². The standard InChI is InChI=1S/C15H19N3O2S/c1-2-14(11-6-4-3-5-7-11)18-12-8-9-15(13(16)10-12)21(17,19)20/h3-10,14,18H,2,16H2,1H3,(H2,17,19,20). The van der Waals surface area contributed by atoms with Crippen molar-refractivity contribution >= 4 is 21.4 Å². The molecule has 0 amide bonds. The Morgan fingerprint density at radius 2 is 1.81 bits per heavy atom. The van der Waals surface area contributed by atoms with Crippen molar-refractivity contribution < 1.29 is 8.42 Å². The second-order valence-corrected chi connectivity index (χ2v) is 6.34. The number of primary sulfonamides is 1. The number of hydrogen-bond donors (Lipinski definition) is 3. The number of benzene rings is 2. The summed E-state index contributed by atoms with van der Waals surface area (Å²) in [6, 6.07) is 14.8. The van der Waals surface area contributed by atoms with E-state index < -0.39 is 10.0 Å². The second-order valence-electron chi connectivity index (χ2n) is 4.81. The maximum atomic E-state index is 11.3. The fourth-order valence-corrected chi connectivity index (χ4v) is 2.85. The molecule has 0 aliphatic carbocycles. The molecule has 5 N–H and O–H groups in total. The van der Waals surface area contributed by atoms with E-state index in [1.165, 1.54) is 6.07 Å². The first kappa shape index (κ1) is 15.3. The van der Waals surface area contributed by atoms with E-state index in [1.54, 1.807) is 12.1 Å². The van der Waals surface area contributed by atoms with Gasteiger partial charge in [-0.1, -0.05) is 37.3 Å². The SMILES string of the molecule is CCC(Nc1ccc(S(N)(=O)=O)c(N)c1)c1ccccc1. The quantitative estimate of drug-likeness (QED) is 0.739. The first-order valence-electron chi connectivity index (χ1n) is 6.65. The van der Waals surface area contributed by atoms with Crippen LogP contribution in [-0.4, -0.2) is 8.42 Å². The third kappa shape index (κ3) is 3.74. The molecule has 1 unspecified atom stereocenters. The molecule has 21 heavy (non-hydrogen) atoms. The molecule has 5 nitrogen and oxygen atoms in total. The van der Waals surface area contributed by atoms with Gasteiger partial charge >= 0.3 is 0 Å². The Morgan fingerprint density at radius 1 is 1.14 bits per heavy atom. The first-order chi connectivity index (χ1) is 9.91. The average Bonchev–Trinajstić information content (AvgIpc) is 2.44. The molecule has 0 aromatic heterocycles. The highest BCUT2D eigenvalue weighted by atomic mass is 32.2. The summed E-state index contributed by atoms with van der Waals surface area (Å²) in [5.41, 5.74) is 7.83. The van der Waals surface area contributed by atoms with Gasteiger partial charge in [-0.3, -0.25) is 0 Å². The lowest BCUT2D eigenvalue weighted by Crippen LogP contribution is -2.15. The van der Waals surface area contributed by atoms with Crippen LogP contribution in [0.1, 0.15) is 24.9 Å². The smallest absolute Gasteiger partial charge is 0.240 e. The maximum Gasteiger partial charge on any atom is 0.240 e. The van der Waals surface area contributed by atoms with Crippen LogP contribution in [0.25, 0.3) is 0 Å². The summed E-state index contributed by atoms with van der Waals surface area (Å²) in [7, 11) is -3.79. The summed E-state index contributed by atoms with van der Waals surface area (Å²) >= 11 is 0. The van der Waals surface area contributed by atoms with E-state index in [2.05, 4.69) is 12.2 Å². The van der Waals surface area contributed by atoms with E-state index >= 15 is 0 Å². The molecular formula is C15H19N3O2S. The van der Waals surface area contributed by atoms with Gasteiger partial charge in [-0.25, -0.2) is 13.6 Å². The molecule has 2 aromatic rings. The molecule has 0 heterocycles. The summed E-state index contributed by atoms with van der Waals surface area (Å²) in [5, 5.41) is 8.45. The molecular weight excluding hydrogens is 286 g/mol. The summed E-state index contributed by atoms with van der Waals surface area (Å²) in [4.78, 5) is -0.0548. The Labute approximate surface area is 125 Å². The van der Waals surface area contributed by atoms with Crippen molar-refractivity contribution in [2.75, 3.05) is 11.1 Å². The van der Waals surface area contributed by atoms with Crippen molar-refractivity contribution in [3.63, 3.8) is 0 Å². The number of anilines is 2. The minimum atomic E-state index is -3.79. The molecule has 0 aliphatic rings. The molecule has 0 saturated heterocycles. The summed E-state index contributed by atoms with van der Waals surface area (Å²) in [6.45, 7) is 2.08. The zero-order chi connectivity index (χ0) is 15.5. The predicted molar refractivity (Wildman–Crippen MR) is 85.3 cm³/mol. The van der Waals surface area contributed by atoms with Gasteiger partial charge in [0.1, 0.15) is 4.90 Å². The van der Waals surface area contributed by atoms with Gasteiger partial charge in [0.15, 0.2) is 0 Å². The van der Waals surface area contributed by atoms with Gasteiger partial charge in [-0.15, -0.1) is 0 Å². The van der Waals surface area contributed by atoms with Gasteiger partial charge < -0.3 is 11.1 Å². The van der Waals surface area contributed by atoms with Crippen molar-refractivity contribution in [2.45, 2.75) is 24.3 Å². The van der Waals surface area contributed by atoms with Gasteiger partial charge in [0.25, 0.3) is 0 Å². The topological polar surface area (TPSA) is 98.2 Å². The van der Waals surface area contributed by atoms with E-state index in [9.17, 15) is 8.42 Å². The third-order valence-corrected chi connectivity index (χ3v) is 4.25.